The zero-order valence-electron chi connectivity index (χ0n) is 11.4. The number of nitrogens with two attached hydrogens (primary N) is 1. The number of carboxylic acid groups (broad SMARTS) is 1. The molecule has 104 valence electrons. The zero-order valence-corrected chi connectivity index (χ0v) is 11.4. The number of carboxylic acids is 1. The van der Waals surface area contributed by atoms with E-state index in [0.29, 0.717) is 5.92 Å². The molecule has 1 fully saturated rings. The molecular formula is C13H24N2O3. The molecule has 1 rings (SSSR count). The Labute approximate surface area is 108 Å². The van der Waals surface area contributed by atoms with Gasteiger partial charge in [-0.05, 0) is 24.2 Å². The van der Waals surface area contributed by atoms with Gasteiger partial charge in [0.25, 0.3) is 0 Å². The Morgan fingerprint density at radius 2 is 1.89 bits per heavy atom. The normalized spacial score (nSPS) is 19.1. The highest BCUT2D eigenvalue weighted by Gasteiger charge is 2.34. The molecule has 0 aromatic rings. The van der Waals surface area contributed by atoms with Crippen LogP contribution in [0.15, 0.2) is 0 Å². The van der Waals surface area contributed by atoms with E-state index in [-0.39, 0.29) is 36.2 Å². The van der Waals surface area contributed by atoms with E-state index >= 15 is 0 Å². The van der Waals surface area contributed by atoms with E-state index in [2.05, 4.69) is 5.32 Å². The largest absolute Gasteiger partial charge is 0.481 e. The van der Waals surface area contributed by atoms with Gasteiger partial charge in [0.15, 0.2) is 0 Å². The molecule has 1 aliphatic carbocycles. The number of hydrogen-bond donors (Lipinski definition) is 3. The Hall–Kier alpha value is -1.10. The molecule has 0 saturated heterocycles. The molecular weight excluding hydrogens is 232 g/mol. The number of carbonyl (C=O) groups excluding carboxylic acids is 1. The van der Waals surface area contributed by atoms with Crippen LogP contribution in [-0.4, -0.2) is 29.1 Å². The molecule has 5 heteroatoms. The van der Waals surface area contributed by atoms with Crippen LogP contribution in [0.4, 0.5) is 0 Å². The highest BCUT2D eigenvalue weighted by atomic mass is 16.4. The van der Waals surface area contributed by atoms with Gasteiger partial charge in [0.05, 0.1) is 6.42 Å². The fourth-order valence-corrected chi connectivity index (χ4v) is 1.79. The Balaban J connectivity index is 2.44. The van der Waals surface area contributed by atoms with E-state index in [1.165, 1.54) is 0 Å². The molecule has 2 unspecified atom stereocenters. The van der Waals surface area contributed by atoms with Crippen LogP contribution < -0.4 is 11.1 Å². The maximum absolute atomic E-state index is 11.8. The summed E-state index contributed by atoms with van der Waals surface area (Å²) in [5, 5.41) is 11.6. The van der Waals surface area contributed by atoms with Gasteiger partial charge in [-0.3, -0.25) is 9.59 Å². The number of carbonyl (C=O) groups is 2. The first-order valence-electron chi connectivity index (χ1n) is 6.47. The summed E-state index contributed by atoms with van der Waals surface area (Å²) in [4.78, 5) is 22.6. The third kappa shape index (κ3) is 5.04. The Morgan fingerprint density at radius 3 is 2.28 bits per heavy atom. The SMILES string of the molecule is CC(C)(C)C(N)CC(=O)NC(CC(=O)O)C1CC1. The van der Waals surface area contributed by atoms with Crippen molar-refractivity contribution in [2.24, 2.45) is 17.1 Å². The molecule has 0 aromatic carbocycles. The maximum Gasteiger partial charge on any atom is 0.305 e. The average Bonchev–Trinajstić information content (AvgIpc) is 2.96. The van der Waals surface area contributed by atoms with Gasteiger partial charge in [-0.2, -0.15) is 0 Å². The highest BCUT2D eigenvalue weighted by Crippen LogP contribution is 2.34. The molecule has 0 radical (unpaired) electrons. The van der Waals surface area contributed by atoms with Gasteiger partial charge >= 0.3 is 5.97 Å². The summed E-state index contributed by atoms with van der Waals surface area (Å²) in [6.07, 6.45) is 2.25. The van der Waals surface area contributed by atoms with Gasteiger partial charge < -0.3 is 16.2 Å². The molecule has 4 N–H and O–H groups in total. The lowest BCUT2D eigenvalue weighted by Gasteiger charge is -2.27. The van der Waals surface area contributed by atoms with E-state index in [9.17, 15) is 9.59 Å². The van der Waals surface area contributed by atoms with Crippen LogP contribution in [-0.2, 0) is 9.59 Å². The summed E-state index contributed by atoms with van der Waals surface area (Å²) in [5.74, 6) is -0.682. The topological polar surface area (TPSA) is 92.4 Å². The second-order valence-corrected chi connectivity index (χ2v) is 6.29. The second-order valence-electron chi connectivity index (χ2n) is 6.29. The Morgan fingerprint density at radius 1 is 1.33 bits per heavy atom. The van der Waals surface area contributed by atoms with E-state index in [1.807, 2.05) is 20.8 Å². The van der Waals surface area contributed by atoms with E-state index in [1.54, 1.807) is 0 Å². The van der Waals surface area contributed by atoms with Gasteiger partial charge in [-0.25, -0.2) is 0 Å². The first-order chi connectivity index (χ1) is 8.20. The summed E-state index contributed by atoms with van der Waals surface area (Å²) < 4.78 is 0. The van der Waals surface area contributed by atoms with E-state index in [0.717, 1.165) is 12.8 Å². The summed E-state index contributed by atoms with van der Waals surface area (Å²) in [7, 11) is 0. The molecule has 18 heavy (non-hydrogen) atoms. The third-order valence-corrected chi connectivity index (χ3v) is 3.45. The molecule has 2 atom stereocenters. The fourth-order valence-electron chi connectivity index (χ4n) is 1.79. The van der Waals surface area contributed by atoms with E-state index < -0.39 is 5.97 Å². The third-order valence-electron chi connectivity index (χ3n) is 3.45. The quantitative estimate of drug-likeness (QED) is 0.664. The molecule has 5 nitrogen and oxygen atoms in total. The minimum Gasteiger partial charge on any atom is -0.481 e. The van der Waals surface area contributed by atoms with Crippen LogP contribution in [0.3, 0.4) is 0 Å². The fraction of sp³-hybridized carbons (Fsp3) is 0.846. The molecule has 0 spiro atoms. The van der Waals surface area contributed by atoms with Crippen LogP contribution in [0, 0.1) is 11.3 Å². The maximum atomic E-state index is 11.8. The van der Waals surface area contributed by atoms with Gasteiger partial charge in [0.1, 0.15) is 0 Å². The van der Waals surface area contributed by atoms with Gasteiger partial charge in [0.2, 0.25) is 5.91 Å². The number of aliphatic carboxylic acids is 1. The molecule has 0 heterocycles. The first kappa shape index (κ1) is 15.0. The number of hydrogen-bond acceptors (Lipinski definition) is 3. The Bertz CT molecular complexity index is 319. The minimum absolute atomic E-state index is 0.00115. The number of rotatable bonds is 6. The van der Waals surface area contributed by atoms with Crippen molar-refractivity contribution in [1.82, 2.24) is 5.32 Å². The first-order valence-corrected chi connectivity index (χ1v) is 6.47. The van der Waals surface area contributed by atoms with Crippen LogP contribution in [0.2, 0.25) is 0 Å². The van der Waals surface area contributed by atoms with Crippen molar-refractivity contribution in [3.05, 3.63) is 0 Å². The lowest BCUT2D eigenvalue weighted by atomic mass is 9.85. The average molecular weight is 256 g/mol. The predicted octanol–water partition coefficient (Wildman–Crippen LogP) is 1.12. The molecule has 1 amide bonds. The van der Waals surface area contributed by atoms with Crippen molar-refractivity contribution < 1.29 is 14.7 Å². The molecule has 0 bridgehead atoms. The van der Waals surface area contributed by atoms with Crippen molar-refractivity contribution in [2.45, 2.75) is 58.5 Å². The predicted molar refractivity (Wildman–Crippen MR) is 69.0 cm³/mol. The monoisotopic (exact) mass is 256 g/mol. The van der Waals surface area contributed by atoms with Crippen LogP contribution >= 0.6 is 0 Å². The van der Waals surface area contributed by atoms with Gasteiger partial charge in [-0.15, -0.1) is 0 Å². The summed E-state index contributed by atoms with van der Waals surface area (Å²) in [6.45, 7) is 5.96. The smallest absolute Gasteiger partial charge is 0.305 e. The highest BCUT2D eigenvalue weighted by molar-refractivity contribution is 5.78. The molecule has 1 aliphatic rings. The lowest BCUT2D eigenvalue weighted by molar-refractivity contribution is -0.137. The number of nitrogens with one attached hydrogen (secondary N) is 1. The summed E-state index contributed by atoms with van der Waals surface area (Å²) >= 11 is 0. The van der Waals surface area contributed by atoms with E-state index in [4.69, 9.17) is 10.8 Å². The standard InChI is InChI=1S/C13H24N2O3/c1-13(2,3)10(14)7-11(16)15-9(6-12(17)18)8-4-5-8/h8-10H,4-7,14H2,1-3H3,(H,15,16)(H,17,18). The summed E-state index contributed by atoms with van der Waals surface area (Å²) in [5.41, 5.74) is 5.82. The second kappa shape index (κ2) is 5.69. The minimum atomic E-state index is -0.868. The lowest BCUT2D eigenvalue weighted by Crippen LogP contribution is -2.44. The zero-order chi connectivity index (χ0) is 13.9. The Kier molecular flexibility index (Phi) is 4.73. The van der Waals surface area contributed by atoms with Gasteiger partial charge in [-0.1, -0.05) is 20.8 Å². The van der Waals surface area contributed by atoms with Gasteiger partial charge in [0, 0.05) is 18.5 Å². The molecule has 0 aromatic heterocycles. The van der Waals surface area contributed by atoms with Crippen molar-refractivity contribution in [3.8, 4) is 0 Å². The van der Waals surface area contributed by atoms with Crippen molar-refractivity contribution in [2.75, 3.05) is 0 Å². The van der Waals surface area contributed by atoms with Crippen molar-refractivity contribution >= 4 is 11.9 Å². The number of amides is 1. The molecule has 1 saturated carbocycles. The van der Waals surface area contributed by atoms with Crippen molar-refractivity contribution in [3.63, 3.8) is 0 Å². The van der Waals surface area contributed by atoms with Crippen LogP contribution in [0.5, 0.6) is 0 Å². The van der Waals surface area contributed by atoms with Crippen LogP contribution in [0.1, 0.15) is 46.5 Å². The molecule has 0 aliphatic heterocycles. The van der Waals surface area contributed by atoms with Crippen molar-refractivity contribution in [1.29, 1.82) is 0 Å². The van der Waals surface area contributed by atoms with Crippen LogP contribution in [0.25, 0.3) is 0 Å². The summed E-state index contributed by atoms with van der Waals surface area (Å²) in [6, 6.07) is -0.454.